The zero-order valence-corrected chi connectivity index (χ0v) is 15.0. The Morgan fingerprint density at radius 3 is 3.12 bits per heavy atom. The molecule has 2 aromatic rings. The molecule has 0 saturated carbocycles. The molecule has 0 aromatic carbocycles. The fraction of sp³-hybridized carbons (Fsp3) is 0.500. The summed E-state index contributed by atoms with van der Waals surface area (Å²) in [6, 6.07) is 3.55. The largest absolute Gasteiger partial charge is 0.476 e. The number of ether oxygens (including phenoxy) is 1. The van der Waals surface area contributed by atoms with E-state index in [-0.39, 0.29) is 11.8 Å². The van der Waals surface area contributed by atoms with Gasteiger partial charge in [-0.05, 0) is 38.6 Å². The molecule has 3 rings (SSSR count). The normalized spacial score (nSPS) is 16.6. The lowest BCUT2D eigenvalue weighted by molar-refractivity contribution is -0.120. The predicted molar refractivity (Wildman–Crippen MR) is 95.6 cm³/mol. The van der Waals surface area contributed by atoms with Gasteiger partial charge in [0.25, 0.3) is 0 Å². The van der Waals surface area contributed by atoms with E-state index in [4.69, 9.17) is 4.74 Å². The molecular weight excluding hydrogens is 318 g/mol. The van der Waals surface area contributed by atoms with Gasteiger partial charge >= 0.3 is 0 Å². The van der Waals surface area contributed by atoms with E-state index in [0.29, 0.717) is 24.6 Å². The van der Waals surface area contributed by atoms with Crippen LogP contribution in [0.25, 0.3) is 0 Å². The van der Waals surface area contributed by atoms with Crippen LogP contribution in [-0.4, -0.2) is 52.8 Å². The van der Waals surface area contributed by atoms with E-state index in [0.717, 1.165) is 25.1 Å². The van der Waals surface area contributed by atoms with E-state index < -0.39 is 0 Å². The lowest BCUT2D eigenvalue weighted by atomic mass is 9.87. The van der Waals surface area contributed by atoms with Crippen molar-refractivity contribution in [2.75, 3.05) is 32.6 Å². The number of pyridine rings is 1. The van der Waals surface area contributed by atoms with E-state index >= 15 is 0 Å². The van der Waals surface area contributed by atoms with Gasteiger partial charge < -0.3 is 15.0 Å². The Morgan fingerprint density at radius 1 is 1.48 bits per heavy atom. The van der Waals surface area contributed by atoms with Crippen LogP contribution in [0.2, 0.25) is 0 Å². The van der Waals surface area contributed by atoms with Gasteiger partial charge in [0.2, 0.25) is 11.8 Å². The number of nitrogens with zero attached hydrogens (tertiary/aromatic N) is 4. The van der Waals surface area contributed by atoms with Gasteiger partial charge in [-0.15, -0.1) is 0 Å². The van der Waals surface area contributed by atoms with Crippen LogP contribution in [0.3, 0.4) is 0 Å². The minimum atomic E-state index is -0.0475. The number of aryl methyl sites for hydroxylation is 2. The Bertz CT molecular complexity index is 741. The molecule has 25 heavy (non-hydrogen) atoms. The molecule has 1 amide bonds. The number of carbonyl (C=O) groups excluding carboxylic acids is 1. The Labute approximate surface area is 148 Å². The molecule has 1 atom stereocenters. The fourth-order valence-electron chi connectivity index (χ4n) is 3.00. The van der Waals surface area contributed by atoms with Gasteiger partial charge in [-0.2, -0.15) is 5.10 Å². The molecule has 1 aliphatic carbocycles. The second kappa shape index (κ2) is 7.65. The second-order valence-corrected chi connectivity index (χ2v) is 6.74. The van der Waals surface area contributed by atoms with E-state index in [1.165, 1.54) is 5.56 Å². The zero-order valence-electron chi connectivity index (χ0n) is 15.0. The molecule has 7 heteroatoms. The van der Waals surface area contributed by atoms with Crippen molar-refractivity contribution < 1.29 is 9.53 Å². The molecule has 0 saturated heterocycles. The maximum atomic E-state index is 12.6. The summed E-state index contributed by atoms with van der Waals surface area (Å²) in [7, 11) is 5.90. The van der Waals surface area contributed by atoms with Crippen molar-refractivity contribution >= 4 is 11.6 Å². The van der Waals surface area contributed by atoms with Crippen LogP contribution in [0.15, 0.2) is 24.5 Å². The van der Waals surface area contributed by atoms with Crippen LogP contribution in [0, 0.1) is 5.92 Å². The van der Waals surface area contributed by atoms with Crippen molar-refractivity contribution in [3.05, 3.63) is 35.8 Å². The number of rotatable bonds is 6. The average molecular weight is 343 g/mol. The van der Waals surface area contributed by atoms with Gasteiger partial charge in [-0.1, -0.05) is 0 Å². The van der Waals surface area contributed by atoms with E-state index in [1.54, 1.807) is 18.3 Å². The van der Waals surface area contributed by atoms with Gasteiger partial charge in [-0.25, -0.2) is 4.98 Å². The molecular formula is C18H25N5O2. The topological polar surface area (TPSA) is 72.3 Å². The smallest absolute Gasteiger partial charge is 0.227 e. The SMILES string of the molecule is CN(C)CCOc1cc(NC(=O)C2CCc3cn(C)nc3C2)ccn1. The zero-order chi connectivity index (χ0) is 17.8. The van der Waals surface area contributed by atoms with E-state index in [2.05, 4.69) is 15.4 Å². The summed E-state index contributed by atoms with van der Waals surface area (Å²) in [5.74, 6) is 0.505. The summed E-state index contributed by atoms with van der Waals surface area (Å²) >= 11 is 0. The number of likely N-dealkylation sites (N-methyl/N-ethyl adjacent to an activating group) is 1. The Balaban J connectivity index is 1.58. The molecule has 134 valence electrons. The molecule has 7 nitrogen and oxygen atoms in total. The van der Waals surface area contributed by atoms with Crippen LogP contribution in [0.5, 0.6) is 5.88 Å². The molecule has 0 aliphatic heterocycles. The third-order valence-electron chi connectivity index (χ3n) is 4.36. The number of nitrogens with one attached hydrogen (secondary N) is 1. The molecule has 1 aliphatic rings. The first kappa shape index (κ1) is 17.4. The van der Waals surface area contributed by atoms with Crippen LogP contribution in [0.1, 0.15) is 17.7 Å². The minimum Gasteiger partial charge on any atom is -0.476 e. The Kier molecular flexibility index (Phi) is 5.33. The molecule has 0 fully saturated rings. The molecule has 1 N–H and O–H groups in total. The van der Waals surface area contributed by atoms with Crippen LogP contribution < -0.4 is 10.1 Å². The fourth-order valence-corrected chi connectivity index (χ4v) is 3.00. The number of fused-ring (bicyclic) bond motifs is 1. The highest BCUT2D eigenvalue weighted by atomic mass is 16.5. The highest BCUT2D eigenvalue weighted by Gasteiger charge is 2.26. The van der Waals surface area contributed by atoms with Crippen molar-refractivity contribution in [1.29, 1.82) is 0 Å². The lowest BCUT2D eigenvalue weighted by Crippen LogP contribution is -2.28. The number of hydrogen-bond acceptors (Lipinski definition) is 5. The van der Waals surface area contributed by atoms with Gasteiger partial charge in [0.1, 0.15) is 6.61 Å². The van der Waals surface area contributed by atoms with Crippen LogP contribution in [-0.2, 0) is 24.7 Å². The molecule has 1 unspecified atom stereocenters. The monoisotopic (exact) mass is 343 g/mol. The first-order chi connectivity index (χ1) is 12.0. The number of carbonyl (C=O) groups is 1. The van der Waals surface area contributed by atoms with Crippen molar-refractivity contribution in [2.24, 2.45) is 13.0 Å². The number of hydrogen-bond donors (Lipinski definition) is 1. The third-order valence-corrected chi connectivity index (χ3v) is 4.36. The first-order valence-corrected chi connectivity index (χ1v) is 8.57. The summed E-state index contributed by atoms with van der Waals surface area (Å²) < 4.78 is 7.44. The van der Waals surface area contributed by atoms with Crippen molar-refractivity contribution in [1.82, 2.24) is 19.7 Å². The maximum Gasteiger partial charge on any atom is 0.227 e. The Morgan fingerprint density at radius 2 is 2.32 bits per heavy atom. The summed E-state index contributed by atoms with van der Waals surface area (Å²) in [5.41, 5.74) is 3.01. The van der Waals surface area contributed by atoms with E-state index in [9.17, 15) is 4.79 Å². The van der Waals surface area contributed by atoms with Gasteiger partial charge in [0, 0.05) is 50.1 Å². The summed E-state index contributed by atoms with van der Waals surface area (Å²) in [6.45, 7) is 1.37. The maximum absolute atomic E-state index is 12.6. The summed E-state index contributed by atoms with van der Waals surface area (Å²) in [4.78, 5) is 18.8. The number of aromatic nitrogens is 3. The second-order valence-electron chi connectivity index (χ2n) is 6.74. The highest BCUT2D eigenvalue weighted by molar-refractivity contribution is 5.92. The van der Waals surface area contributed by atoms with Crippen molar-refractivity contribution in [3.8, 4) is 5.88 Å². The molecule has 0 radical (unpaired) electrons. The molecule has 2 aromatic heterocycles. The van der Waals surface area contributed by atoms with Crippen LogP contribution >= 0.6 is 0 Å². The number of amides is 1. The third kappa shape index (κ3) is 4.57. The lowest BCUT2D eigenvalue weighted by Gasteiger charge is -2.20. The van der Waals surface area contributed by atoms with Crippen LogP contribution in [0.4, 0.5) is 5.69 Å². The molecule has 2 heterocycles. The van der Waals surface area contributed by atoms with Gasteiger partial charge in [-0.3, -0.25) is 9.48 Å². The highest BCUT2D eigenvalue weighted by Crippen LogP contribution is 2.25. The predicted octanol–water partition coefficient (Wildman–Crippen LogP) is 1.50. The summed E-state index contributed by atoms with van der Waals surface area (Å²) in [5, 5.41) is 7.44. The quantitative estimate of drug-likeness (QED) is 0.860. The average Bonchev–Trinajstić information content (AvgIpc) is 2.94. The standard InChI is InChI=1S/C18H25N5O2/c1-22(2)8-9-25-17-11-15(6-7-19-17)20-18(24)13-4-5-14-12-23(3)21-16(14)10-13/h6-7,11-13H,4-5,8-10H2,1-3H3,(H,19,20,24). The van der Waals surface area contributed by atoms with Crippen molar-refractivity contribution in [2.45, 2.75) is 19.3 Å². The van der Waals surface area contributed by atoms with Gasteiger partial charge in [0.05, 0.1) is 5.69 Å². The van der Waals surface area contributed by atoms with Crippen molar-refractivity contribution in [3.63, 3.8) is 0 Å². The van der Waals surface area contributed by atoms with Gasteiger partial charge in [0.15, 0.2) is 0 Å². The first-order valence-electron chi connectivity index (χ1n) is 8.57. The Hall–Kier alpha value is -2.41. The molecule has 0 bridgehead atoms. The molecule has 0 spiro atoms. The van der Waals surface area contributed by atoms with E-state index in [1.807, 2.05) is 36.9 Å². The minimum absolute atomic E-state index is 0.0294. The summed E-state index contributed by atoms with van der Waals surface area (Å²) in [6.07, 6.45) is 6.14. The number of anilines is 1.